The lowest BCUT2D eigenvalue weighted by Gasteiger charge is -2.26. The highest BCUT2D eigenvalue weighted by Gasteiger charge is 2.20. The highest BCUT2D eigenvalue weighted by molar-refractivity contribution is 5.75. The molecule has 0 aromatic heterocycles. The molecule has 4 nitrogen and oxygen atoms in total. The second-order valence-corrected chi connectivity index (χ2v) is 4.78. The van der Waals surface area contributed by atoms with Crippen molar-refractivity contribution in [2.75, 3.05) is 11.1 Å². The van der Waals surface area contributed by atoms with Crippen LogP contribution in [0.25, 0.3) is 0 Å². The Morgan fingerprint density at radius 2 is 2.00 bits per heavy atom. The minimum Gasteiger partial charge on any atom is -0.399 e. The lowest BCUT2D eigenvalue weighted by atomic mass is 9.99. The maximum atomic E-state index is 10.9. The van der Waals surface area contributed by atoms with E-state index in [1.54, 1.807) is 0 Å². The van der Waals surface area contributed by atoms with Gasteiger partial charge < -0.3 is 16.8 Å². The van der Waals surface area contributed by atoms with Crippen molar-refractivity contribution in [2.45, 2.75) is 32.7 Å². The fourth-order valence-corrected chi connectivity index (χ4v) is 1.76. The van der Waals surface area contributed by atoms with Crippen molar-refractivity contribution in [3.05, 3.63) is 23.8 Å². The summed E-state index contributed by atoms with van der Waals surface area (Å²) in [6.07, 6.45) is 0.279. The van der Waals surface area contributed by atoms with Gasteiger partial charge in [0.15, 0.2) is 0 Å². The van der Waals surface area contributed by atoms with Gasteiger partial charge in [-0.05, 0) is 44.5 Å². The molecule has 1 rings (SSSR count). The fourth-order valence-electron chi connectivity index (χ4n) is 1.76. The Labute approximate surface area is 96.0 Å². The molecule has 1 aromatic carbocycles. The first-order valence-corrected chi connectivity index (χ1v) is 5.22. The van der Waals surface area contributed by atoms with E-state index in [9.17, 15) is 4.79 Å². The third-order valence-electron chi connectivity index (χ3n) is 2.20. The largest absolute Gasteiger partial charge is 0.399 e. The second kappa shape index (κ2) is 4.43. The van der Waals surface area contributed by atoms with Crippen molar-refractivity contribution < 1.29 is 4.79 Å². The van der Waals surface area contributed by atoms with E-state index in [4.69, 9.17) is 11.5 Å². The van der Waals surface area contributed by atoms with E-state index in [1.807, 2.05) is 39.0 Å². The van der Waals surface area contributed by atoms with Crippen LogP contribution in [0, 0.1) is 6.92 Å². The quantitative estimate of drug-likeness (QED) is 0.676. The van der Waals surface area contributed by atoms with Gasteiger partial charge in [-0.25, -0.2) is 0 Å². The molecule has 0 aliphatic carbocycles. The minimum atomic E-state index is -0.369. The topological polar surface area (TPSA) is 81.1 Å². The van der Waals surface area contributed by atoms with E-state index in [-0.39, 0.29) is 17.9 Å². The van der Waals surface area contributed by atoms with Crippen molar-refractivity contribution in [1.29, 1.82) is 0 Å². The average Bonchev–Trinajstić information content (AvgIpc) is 1.95. The molecular weight excluding hydrogens is 202 g/mol. The molecule has 1 amide bonds. The number of carbonyl (C=O) groups excluding carboxylic acids is 1. The number of amides is 1. The van der Waals surface area contributed by atoms with Gasteiger partial charge in [-0.15, -0.1) is 0 Å². The third kappa shape index (κ3) is 3.81. The van der Waals surface area contributed by atoms with Crippen LogP contribution in [-0.4, -0.2) is 11.4 Å². The highest BCUT2D eigenvalue weighted by Crippen LogP contribution is 2.21. The standard InChI is InChI=1S/C12H19N3O/c1-8-4-9(13)6-10(5-8)15-12(2,3)7-11(14)16/h4-6,15H,7,13H2,1-3H3,(H2,14,16). The van der Waals surface area contributed by atoms with E-state index < -0.39 is 0 Å². The summed E-state index contributed by atoms with van der Waals surface area (Å²) in [6.45, 7) is 5.83. The van der Waals surface area contributed by atoms with E-state index >= 15 is 0 Å². The Kier molecular flexibility index (Phi) is 3.42. The summed E-state index contributed by atoms with van der Waals surface area (Å²) in [5, 5.41) is 3.25. The number of rotatable bonds is 4. The van der Waals surface area contributed by atoms with Crippen LogP contribution in [0.1, 0.15) is 25.8 Å². The van der Waals surface area contributed by atoms with Crippen molar-refractivity contribution in [2.24, 2.45) is 5.73 Å². The smallest absolute Gasteiger partial charge is 0.219 e. The summed E-state index contributed by atoms with van der Waals surface area (Å²) in [5.41, 5.74) is 13.3. The Morgan fingerprint density at radius 1 is 1.38 bits per heavy atom. The molecule has 0 heterocycles. The summed E-state index contributed by atoms with van der Waals surface area (Å²) in [5.74, 6) is -0.321. The predicted molar refractivity (Wildman–Crippen MR) is 67.1 cm³/mol. The van der Waals surface area contributed by atoms with Crippen LogP contribution in [0.4, 0.5) is 11.4 Å². The van der Waals surface area contributed by atoms with Crippen LogP contribution in [0.2, 0.25) is 0 Å². The normalized spacial score (nSPS) is 11.2. The van der Waals surface area contributed by atoms with Gasteiger partial charge in [-0.2, -0.15) is 0 Å². The number of carbonyl (C=O) groups is 1. The van der Waals surface area contributed by atoms with Crippen LogP contribution in [0.3, 0.4) is 0 Å². The number of benzene rings is 1. The van der Waals surface area contributed by atoms with Crippen molar-refractivity contribution in [1.82, 2.24) is 0 Å². The molecular formula is C12H19N3O. The molecule has 0 aliphatic heterocycles. The van der Waals surface area contributed by atoms with Crippen molar-refractivity contribution in [3.8, 4) is 0 Å². The first kappa shape index (κ1) is 12.4. The van der Waals surface area contributed by atoms with Gasteiger partial charge in [0.1, 0.15) is 0 Å². The Balaban J connectivity index is 2.83. The number of nitrogens with two attached hydrogens (primary N) is 2. The number of primary amides is 1. The molecule has 4 heteroatoms. The SMILES string of the molecule is Cc1cc(N)cc(NC(C)(C)CC(N)=O)c1. The third-order valence-corrected chi connectivity index (χ3v) is 2.20. The number of aryl methyl sites for hydroxylation is 1. The van der Waals surface area contributed by atoms with Crippen LogP contribution in [-0.2, 0) is 4.79 Å². The maximum Gasteiger partial charge on any atom is 0.219 e. The van der Waals surface area contributed by atoms with Crippen LogP contribution < -0.4 is 16.8 Å². The zero-order valence-corrected chi connectivity index (χ0v) is 10.0. The van der Waals surface area contributed by atoms with Crippen molar-refractivity contribution >= 4 is 17.3 Å². The van der Waals surface area contributed by atoms with E-state index in [0.29, 0.717) is 5.69 Å². The lowest BCUT2D eigenvalue weighted by Crippen LogP contribution is -2.36. The maximum absolute atomic E-state index is 10.9. The second-order valence-electron chi connectivity index (χ2n) is 4.78. The van der Waals surface area contributed by atoms with Gasteiger partial charge >= 0.3 is 0 Å². The molecule has 0 unspecified atom stereocenters. The van der Waals surface area contributed by atoms with Crippen LogP contribution >= 0.6 is 0 Å². The molecule has 16 heavy (non-hydrogen) atoms. The Bertz CT molecular complexity index is 379. The molecule has 0 fully saturated rings. The zero-order chi connectivity index (χ0) is 12.3. The lowest BCUT2D eigenvalue weighted by molar-refractivity contribution is -0.118. The van der Waals surface area contributed by atoms with Gasteiger partial charge in [0.25, 0.3) is 0 Å². The monoisotopic (exact) mass is 221 g/mol. The van der Waals surface area contributed by atoms with Gasteiger partial charge in [0.2, 0.25) is 5.91 Å². The fraction of sp³-hybridized carbons (Fsp3) is 0.417. The summed E-state index contributed by atoms with van der Waals surface area (Å²) in [4.78, 5) is 10.9. The van der Waals surface area contributed by atoms with Gasteiger partial charge in [-0.3, -0.25) is 4.79 Å². The molecule has 0 bridgehead atoms. The van der Waals surface area contributed by atoms with Gasteiger partial charge in [-0.1, -0.05) is 0 Å². The first-order chi connectivity index (χ1) is 7.28. The Hall–Kier alpha value is -1.71. The Morgan fingerprint density at radius 3 is 2.50 bits per heavy atom. The molecule has 0 spiro atoms. The number of hydrogen-bond donors (Lipinski definition) is 3. The summed E-state index contributed by atoms with van der Waals surface area (Å²) in [7, 11) is 0. The molecule has 0 saturated carbocycles. The summed E-state index contributed by atoms with van der Waals surface area (Å²) >= 11 is 0. The average molecular weight is 221 g/mol. The van der Waals surface area contributed by atoms with E-state index in [0.717, 1.165) is 11.3 Å². The van der Waals surface area contributed by atoms with Gasteiger partial charge in [0, 0.05) is 23.3 Å². The molecule has 5 N–H and O–H groups in total. The minimum absolute atomic E-state index is 0.279. The molecule has 0 atom stereocenters. The molecule has 0 radical (unpaired) electrons. The number of nitrogens with one attached hydrogen (secondary N) is 1. The summed E-state index contributed by atoms with van der Waals surface area (Å²) in [6, 6.07) is 5.72. The first-order valence-electron chi connectivity index (χ1n) is 5.22. The molecule has 0 aliphatic rings. The van der Waals surface area contributed by atoms with E-state index in [1.165, 1.54) is 0 Å². The number of hydrogen-bond acceptors (Lipinski definition) is 3. The number of anilines is 2. The predicted octanol–water partition coefficient (Wildman–Crippen LogP) is 1.64. The molecule has 0 saturated heterocycles. The van der Waals surface area contributed by atoms with Crippen LogP contribution in [0.5, 0.6) is 0 Å². The molecule has 1 aromatic rings. The molecule has 88 valence electrons. The van der Waals surface area contributed by atoms with Crippen LogP contribution in [0.15, 0.2) is 18.2 Å². The highest BCUT2D eigenvalue weighted by atomic mass is 16.1. The number of nitrogen functional groups attached to an aromatic ring is 1. The zero-order valence-electron chi connectivity index (χ0n) is 10.0. The van der Waals surface area contributed by atoms with Gasteiger partial charge in [0.05, 0.1) is 0 Å². The van der Waals surface area contributed by atoms with Crippen molar-refractivity contribution in [3.63, 3.8) is 0 Å². The van der Waals surface area contributed by atoms with E-state index in [2.05, 4.69) is 5.32 Å². The summed E-state index contributed by atoms with van der Waals surface area (Å²) < 4.78 is 0.